The molecule has 1 aliphatic heterocycles. The number of methoxy groups -OCH3 is 1. The minimum Gasteiger partial charge on any atom is -0.496 e. The summed E-state index contributed by atoms with van der Waals surface area (Å²) in [5.41, 5.74) is 2.82. The van der Waals surface area contributed by atoms with Crippen LogP contribution in [0.3, 0.4) is 0 Å². The minimum atomic E-state index is -0.319. The predicted octanol–water partition coefficient (Wildman–Crippen LogP) is 3.20. The fraction of sp³-hybridized carbons (Fsp3) is 0.455. The molecule has 3 atom stereocenters. The summed E-state index contributed by atoms with van der Waals surface area (Å²) in [4.78, 5) is 29.2. The van der Waals surface area contributed by atoms with Gasteiger partial charge in [-0.3, -0.25) is 9.36 Å². The lowest BCUT2D eigenvalue weighted by Crippen LogP contribution is -2.37. The van der Waals surface area contributed by atoms with Crippen molar-refractivity contribution in [2.24, 2.45) is 5.92 Å². The molecule has 30 heavy (non-hydrogen) atoms. The molecular weight excluding hydrogens is 422 g/mol. The van der Waals surface area contributed by atoms with Gasteiger partial charge in [0.2, 0.25) is 0 Å². The molecule has 160 valence electrons. The standard InChI is InChI=1S/C22H25N3O3S.ClH/c1-12-10-17-20(29-12)21(26)25(22(27)24-17)9-8-16-19-13(11-23-16)6-7-14-15(19)4-3-5-18(14)28-2;/h3-5,10,13,16,19,23H,6-9,11H2,1-2H3,(H,24,27);1H/t13-,16?,19+;/m0./s1. The first-order chi connectivity index (χ1) is 14.1. The maximum atomic E-state index is 12.8. The van der Waals surface area contributed by atoms with Crippen LogP contribution in [-0.2, 0) is 13.0 Å². The van der Waals surface area contributed by atoms with Gasteiger partial charge in [0.1, 0.15) is 10.4 Å². The molecule has 2 aliphatic rings. The fourth-order valence-corrected chi connectivity index (χ4v) is 6.15. The zero-order valence-corrected chi connectivity index (χ0v) is 18.7. The molecular formula is C22H26ClN3O3S. The van der Waals surface area contributed by atoms with Crippen molar-refractivity contribution in [2.75, 3.05) is 13.7 Å². The molecule has 8 heteroatoms. The summed E-state index contributed by atoms with van der Waals surface area (Å²) in [5.74, 6) is 1.96. The average Bonchev–Trinajstić information content (AvgIpc) is 3.30. The zero-order valence-electron chi connectivity index (χ0n) is 17.1. The Balaban J connectivity index is 0.00000218. The summed E-state index contributed by atoms with van der Waals surface area (Å²) in [5, 5.41) is 3.66. The van der Waals surface area contributed by atoms with E-state index in [2.05, 4.69) is 22.4 Å². The Bertz CT molecular complexity index is 1200. The molecule has 2 aromatic heterocycles. The second-order valence-electron chi connectivity index (χ2n) is 8.14. The van der Waals surface area contributed by atoms with Crippen molar-refractivity contribution in [3.63, 3.8) is 0 Å². The number of rotatable bonds is 4. The van der Waals surface area contributed by atoms with Crippen LogP contribution in [0.4, 0.5) is 0 Å². The highest BCUT2D eigenvalue weighted by molar-refractivity contribution is 7.18. The van der Waals surface area contributed by atoms with E-state index >= 15 is 0 Å². The number of halogens is 1. The molecule has 0 saturated carbocycles. The molecule has 3 heterocycles. The van der Waals surface area contributed by atoms with E-state index in [4.69, 9.17) is 4.74 Å². The Hall–Kier alpha value is -2.09. The Morgan fingerprint density at radius 3 is 2.93 bits per heavy atom. The zero-order chi connectivity index (χ0) is 20.1. The topological polar surface area (TPSA) is 76.1 Å². The number of aryl methyl sites for hydroxylation is 1. The molecule has 0 amide bonds. The van der Waals surface area contributed by atoms with Crippen LogP contribution in [0.5, 0.6) is 5.75 Å². The Labute approximate surface area is 184 Å². The highest BCUT2D eigenvalue weighted by Gasteiger charge is 2.40. The molecule has 0 radical (unpaired) electrons. The Kier molecular flexibility index (Phi) is 5.79. The number of H-pyrrole nitrogens is 1. The summed E-state index contributed by atoms with van der Waals surface area (Å²) < 4.78 is 7.59. The fourth-order valence-electron chi connectivity index (χ4n) is 5.24. The summed E-state index contributed by atoms with van der Waals surface area (Å²) in [6.45, 7) is 3.35. The van der Waals surface area contributed by atoms with Gasteiger partial charge >= 0.3 is 5.69 Å². The maximum Gasteiger partial charge on any atom is 0.328 e. The first kappa shape index (κ1) is 21.2. The molecule has 1 aromatic carbocycles. The summed E-state index contributed by atoms with van der Waals surface area (Å²) in [6.07, 6.45) is 2.93. The monoisotopic (exact) mass is 447 g/mol. The largest absolute Gasteiger partial charge is 0.496 e. The maximum absolute atomic E-state index is 12.8. The van der Waals surface area contributed by atoms with Crippen molar-refractivity contribution in [3.8, 4) is 5.75 Å². The number of nitrogens with one attached hydrogen (secondary N) is 2. The lowest BCUT2D eigenvalue weighted by atomic mass is 9.73. The van der Waals surface area contributed by atoms with E-state index in [-0.39, 0.29) is 29.7 Å². The molecule has 6 nitrogen and oxygen atoms in total. The Morgan fingerprint density at radius 1 is 1.30 bits per heavy atom. The molecule has 2 N–H and O–H groups in total. The minimum absolute atomic E-state index is 0. The van der Waals surface area contributed by atoms with E-state index in [1.165, 1.54) is 27.0 Å². The van der Waals surface area contributed by atoms with Gasteiger partial charge in [-0.25, -0.2) is 4.79 Å². The third kappa shape index (κ3) is 3.39. The molecule has 5 rings (SSSR count). The number of aromatic nitrogens is 2. The van der Waals surface area contributed by atoms with Gasteiger partial charge in [-0.1, -0.05) is 12.1 Å². The number of ether oxygens (including phenoxy) is 1. The van der Waals surface area contributed by atoms with E-state index in [1.54, 1.807) is 7.11 Å². The van der Waals surface area contributed by atoms with E-state index in [1.807, 2.05) is 19.1 Å². The van der Waals surface area contributed by atoms with Crippen molar-refractivity contribution < 1.29 is 4.74 Å². The van der Waals surface area contributed by atoms with Gasteiger partial charge in [0, 0.05) is 23.4 Å². The normalized spacial score (nSPS) is 22.4. The number of hydrogen-bond acceptors (Lipinski definition) is 5. The van der Waals surface area contributed by atoms with E-state index in [9.17, 15) is 9.59 Å². The van der Waals surface area contributed by atoms with E-state index in [0.717, 1.165) is 36.4 Å². The summed E-state index contributed by atoms with van der Waals surface area (Å²) in [6, 6.07) is 8.43. The number of nitrogens with zero attached hydrogens (tertiary/aromatic N) is 1. The number of fused-ring (bicyclic) bond motifs is 4. The third-order valence-electron chi connectivity index (χ3n) is 6.54. The molecule has 1 saturated heterocycles. The van der Waals surface area contributed by atoms with Gasteiger partial charge in [0.25, 0.3) is 5.56 Å². The second kappa shape index (κ2) is 8.21. The molecule has 0 spiro atoms. The lowest BCUT2D eigenvalue weighted by molar-refractivity contribution is 0.371. The smallest absolute Gasteiger partial charge is 0.328 e. The highest BCUT2D eigenvalue weighted by Crippen LogP contribution is 2.45. The summed E-state index contributed by atoms with van der Waals surface area (Å²) in [7, 11) is 1.73. The van der Waals surface area contributed by atoms with E-state index < -0.39 is 0 Å². The van der Waals surface area contributed by atoms with Crippen LogP contribution >= 0.6 is 23.7 Å². The first-order valence-corrected chi connectivity index (χ1v) is 11.0. The van der Waals surface area contributed by atoms with Crippen molar-refractivity contribution in [3.05, 3.63) is 61.1 Å². The summed E-state index contributed by atoms with van der Waals surface area (Å²) >= 11 is 1.44. The second-order valence-corrected chi connectivity index (χ2v) is 9.40. The van der Waals surface area contributed by atoms with Gasteiger partial charge in [-0.15, -0.1) is 23.7 Å². The van der Waals surface area contributed by atoms with Gasteiger partial charge in [0.15, 0.2) is 0 Å². The van der Waals surface area contributed by atoms with Crippen LogP contribution < -0.4 is 21.3 Å². The van der Waals surface area contributed by atoms with Crippen molar-refractivity contribution in [1.29, 1.82) is 0 Å². The van der Waals surface area contributed by atoms with Crippen molar-refractivity contribution in [1.82, 2.24) is 14.9 Å². The SMILES string of the molecule is COc1cccc2c1CC[C@H]1CNC(CCn3c(=O)[nH]c4cc(C)sc4c3=O)[C@@H]21.Cl. The molecule has 3 aromatic rings. The quantitative estimate of drug-likeness (QED) is 0.644. The Morgan fingerprint density at radius 2 is 2.13 bits per heavy atom. The van der Waals surface area contributed by atoms with Gasteiger partial charge < -0.3 is 15.0 Å². The van der Waals surface area contributed by atoms with Crippen LogP contribution in [-0.4, -0.2) is 29.2 Å². The molecule has 1 fully saturated rings. The van der Waals surface area contributed by atoms with Crippen LogP contribution in [0, 0.1) is 12.8 Å². The molecule has 1 aliphatic carbocycles. The predicted molar refractivity (Wildman–Crippen MR) is 123 cm³/mol. The van der Waals surface area contributed by atoms with Crippen LogP contribution in [0.1, 0.15) is 34.8 Å². The third-order valence-corrected chi connectivity index (χ3v) is 7.58. The van der Waals surface area contributed by atoms with Crippen LogP contribution in [0.15, 0.2) is 33.9 Å². The number of aromatic amines is 1. The average molecular weight is 448 g/mol. The molecule has 1 unspecified atom stereocenters. The van der Waals surface area contributed by atoms with E-state index in [0.29, 0.717) is 28.6 Å². The number of hydrogen-bond donors (Lipinski definition) is 2. The van der Waals surface area contributed by atoms with Crippen molar-refractivity contribution in [2.45, 2.75) is 44.7 Å². The first-order valence-electron chi connectivity index (χ1n) is 10.2. The lowest BCUT2D eigenvalue weighted by Gasteiger charge is -2.32. The van der Waals surface area contributed by atoms with Crippen molar-refractivity contribution >= 4 is 34.0 Å². The number of thiophene rings is 1. The van der Waals surface area contributed by atoms with Gasteiger partial charge in [-0.05, 0) is 61.9 Å². The van der Waals surface area contributed by atoms with Gasteiger partial charge in [-0.2, -0.15) is 0 Å². The van der Waals surface area contributed by atoms with Gasteiger partial charge in [0.05, 0.1) is 12.6 Å². The van der Waals surface area contributed by atoms with Crippen LogP contribution in [0.2, 0.25) is 0 Å². The van der Waals surface area contributed by atoms with Crippen LogP contribution in [0.25, 0.3) is 10.2 Å². The molecule has 0 bridgehead atoms. The number of benzene rings is 1. The highest BCUT2D eigenvalue weighted by atomic mass is 35.5.